The first-order chi connectivity index (χ1) is 9.49. The molecule has 0 spiro atoms. The Morgan fingerprint density at radius 2 is 2.30 bits per heavy atom. The largest absolute Gasteiger partial charge is 0.341 e. The summed E-state index contributed by atoms with van der Waals surface area (Å²) < 4.78 is 0. The van der Waals surface area contributed by atoms with Gasteiger partial charge in [0.2, 0.25) is 5.91 Å². The van der Waals surface area contributed by atoms with E-state index in [1.165, 1.54) is 10.4 Å². The van der Waals surface area contributed by atoms with Crippen molar-refractivity contribution in [3.05, 3.63) is 21.9 Å². The Labute approximate surface area is 128 Å². The molecule has 2 aliphatic heterocycles. The number of piperidine rings is 1. The van der Waals surface area contributed by atoms with E-state index in [1.54, 1.807) is 23.1 Å². The minimum Gasteiger partial charge on any atom is -0.341 e. The van der Waals surface area contributed by atoms with E-state index in [1.807, 2.05) is 4.90 Å². The highest BCUT2D eigenvalue weighted by Gasteiger charge is 2.38. The Morgan fingerprint density at radius 1 is 1.50 bits per heavy atom. The number of aryl methyl sites for hydroxylation is 1. The van der Waals surface area contributed by atoms with Crippen LogP contribution in [0.4, 0.5) is 0 Å². The van der Waals surface area contributed by atoms with Crippen molar-refractivity contribution in [3.8, 4) is 0 Å². The average molecular weight is 310 g/mol. The Balaban J connectivity index is 1.78. The lowest BCUT2D eigenvalue weighted by molar-refractivity contribution is -0.134. The summed E-state index contributed by atoms with van der Waals surface area (Å²) >= 11 is 3.59. The molecule has 0 saturated carbocycles. The molecule has 1 amide bonds. The molecule has 2 unspecified atom stereocenters. The van der Waals surface area contributed by atoms with Crippen molar-refractivity contribution in [2.45, 2.75) is 38.0 Å². The molecule has 110 valence electrons. The Hall–Kier alpha value is -0.520. The van der Waals surface area contributed by atoms with Crippen molar-refractivity contribution in [1.29, 1.82) is 0 Å². The summed E-state index contributed by atoms with van der Waals surface area (Å²) in [5.74, 6) is 1.34. The highest BCUT2D eigenvalue weighted by molar-refractivity contribution is 8.00. The zero-order chi connectivity index (χ0) is 14.3. The third-order valence-electron chi connectivity index (χ3n) is 4.52. The molecule has 5 heteroatoms. The van der Waals surface area contributed by atoms with Crippen LogP contribution in [0.1, 0.15) is 36.0 Å². The summed E-state index contributed by atoms with van der Waals surface area (Å²) in [6, 6.07) is 2.33. The summed E-state index contributed by atoms with van der Waals surface area (Å²) in [5, 5.41) is 2.13. The van der Waals surface area contributed by atoms with E-state index in [0.717, 1.165) is 31.7 Å². The second kappa shape index (κ2) is 5.35. The monoisotopic (exact) mass is 310 g/mol. The van der Waals surface area contributed by atoms with Gasteiger partial charge in [-0.05, 0) is 41.0 Å². The van der Waals surface area contributed by atoms with Crippen LogP contribution in [0.25, 0.3) is 0 Å². The fourth-order valence-corrected chi connectivity index (χ4v) is 5.45. The van der Waals surface area contributed by atoms with Gasteiger partial charge in [-0.3, -0.25) is 4.79 Å². The van der Waals surface area contributed by atoms with Crippen molar-refractivity contribution in [2.24, 2.45) is 11.1 Å². The van der Waals surface area contributed by atoms with Crippen LogP contribution in [0, 0.1) is 5.41 Å². The lowest BCUT2D eigenvalue weighted by Gasteiger charge is -2.43. The smallest absolute Gasteiger partial charge is 0.240 e. The number of nitrogens with zero attached hydrogens (tertiary/aromatic N) is 1. The van der Waals surface area contributed by atoms with Gasteiger partial charge in [-0.25, -0.2) is 0 Å². The SMILES string of the molecule is CC1(C)CN(C(=O)C2SCCc3sccc32)CCC1N. The van der Waals surface area contributed by atoms with Crippen LogP contribution in [0.2, 0.25) is 0 Å². The lowest BCUT2D eigenvalue weighted by atomic mass is 9.79. The summed E-state index contributed by atoms with van der Waals surface area (Å²) in [7, 11) is 0. The number of carbonyl (C=O) groups excluding carboxylic acids is 1. The van der Waals surface area contributed by atoms with E-state index >= 15 is 0 Å². The molecular weight excluding hydrogens is 288 g/mol. The van der Waals surface area contributed by atoms with Gasteiger partial charge < -0.3 is 10.6 Å². The number of carbonyl (C=O) groups is 1. The summed E-state index contributed by atoms with van der Waals surface area (Å²) in [6.07, 6.45) is 2.02. The van der Waals surface area contributed by atoms with Crippen molar-refractivity contribution in [3.63, 3.8) is 0 Å². The molecule has 2 atom stereocenters. The maximum absolute atomic E-state index is 12.9. The summed E-state index contributed by atoms with van der Waals surface area (Å²) in [4.78, 5) is 16.3. The zero-order valence-corrected chi connectivity index (χ0v) is 13.7. The topological polar surface area (TPSA) is 46.3 Å². The van der Waals surface area contributed by atoms with Crippen LogP contribution in [0.3, 0.4) is 0 Å². The molecule has 3 nitrogen and oxygen atoms in total. The Kier molecular flexibility index (Phi) is 3.86. The minimum atomic E-state index is 0.00937. The number of likely N-dealkylation sites (tertiary alicyclic amines) is 1. The molecule has 1 aromatic heterocycles. The maximum atomic E-state index is 12.9. The van der Waals surface area contributed by atoms with Gasteiger partial charge in [-0.2, -0.15) is 0 Å². The molecule has 0 radical (unpaired) electrons. The van der Waals surface area contributed by atoms with E-state index in [2.05, 4.69) is 25.3 Å². The predicted molar refractivity (Wildman–Crippen MR) is 86.2 cm³/mol. The third kappa shape index (κ3) is 2.51. The summed E-state index contributed by atoms with van der Waals surface area (Å²) in [5.41, 5.74) is 7.44. The molecule has 0 aliphatic carbocycles. The van der Waals surface area contributed by atoms with Gasteiger partial charge in [0.05, 0.1) is 0 Å². The van der Waals surface area contributed by atoms with E-state index in [4.69, 9.17) is 5.73 Å². The zero-order valence-electron chi connectivity index (χ0n) is 12.1. The standard InChI is InChI=1S/C15H22N2OS2/c1-15(2)9-17(6-3-12(15)16)14(18)13-10-4-7-19-11(10)5-8-20-13/h4,7,12-13H,3,5-6,8-9,16H2,1-2H3. The Bertz CT molecular complexity index is 512. The Morgan fingerprint density at radius 3 is 3.05 bits per heavy atom. The van der Waals surface area contributed by atoms with E-state index in [-0.39, 0.29) is 22.6 Å². The van der Waals surface area contributed by atoms with Crippen LogP contribution in [-0.2, 0) is 11.2 Å². The highest BCUT2D eigenvalue weighted by atomic mass is 32.2. The molecule has 2 aliphatic rings. The predicted octanol–water partition coefficient (Wildman–Crippen LogP) is 2.66. The third-order valence-corrected chi connectivity index (χ3v) is 6.75. The quantitative estimate of drug-likeness (QED) is 0.867. The number of nitrogens with two attached hydrogens (primary N) is 1. The molecule has 1 aromatic rings. The van der Waals surface area contributed by atoms with Crippen LogP contribution in [0.5, 0.6) is 0 Å². The number of fused-ring (bicyclic) bond motifs is 1. The van der Waals surface area contributed by atoms with Gasteiger partial charge in [-0.15, -0.1) is 23.1 Å². The lowest BCUT2D eigenvalue weighted by Crippen LogP contribution is -2.54. The molecule has 2 N–H and O–H groups in total. The van der Waals surface area contributed by atoms with Crippen LogP contribution < -0.4 is 5.73 Å². The molecular formula is C15H22N2OS2. The molecule has 0 aromatic carbocycles. The molecule has 3 rings (SSSR count). The van der Waals surface area contributed by atoms with Crippen molar-refractivity contribution < 1.29 is 4.79 Å². The number of hydrogen-bond acceptors (Lipinski definition) is 4. The first-order valence-electron chi connectivity index (χ1n) is 7.21. The summed E-state index contributed by atoms with van der Waals surface area (Å²) in [6.45, 7) is 5.92. The fourth-order valence-electron chi connectivity index (χ4n) is 3.08. The first kappa shape index (κ1) is 14.4. The molecule has 1 fully saturated rings. The van der Waals surface area contributed by atoms with E-state index in [9.17, 15) is 4.79 Å². The highest BCUT2D eigenvalue weighted by Crippen LogP contribution is 2.41. The minimum absolute atomic E-state index is 0.00937. The second-order valence-corrected chi connectivity index (χ2v) is 8.66. The van der Waals surface area contributed by atoms with Gasteiger partial charge >= 0.3 is 0 Å². The maximum Gasteiger partial charge on any atom is 0.240 e. The molecule has 20 heavy (non-hydrogen) atoms. The van der Waals surface area contributed by atoms with E-state index < -0.39 is 0 Å². The number of thioether (sulfide) groups is 1. The van der Waals surface area contributed by atoms with Crippen LogP contribution >= 0.6 is 23.1 Å². The number of rotatable bonds is 1. The van der Waals surface area contributed by atoms with Crippen molar-refractivity contribution in [2.75, 3.05) is 18.8 Å². The fraction of sp³-hybridized carbons (Fsp3) is 0.667. The van der Waals surface area contributed by atoms with E-state index in [0.29, 0.717) is 0 Å². The average Bonchev–Trinajstić information content (AvgIpc) is 2.89. The van der Waals surface area contributed by atoms with Gasteiger partial charge in [0.25, 0.3) is 0 Å². The second-order valence-electron chi connectivity index (χ2n) is 6.44. The number of amides is 1. The van der Waals surface area contributed by atoms with Crippen LogP contribution in [0.15, 0.2) is 11.4 Å². The van der Waals surface area contributed by atoms with Gasteiger partial charge in [0.15, 0.2) is 0 Å². The van der Waals surface area contributed by atoms with Crippen LogP contribution in [-0.4, -0.2) is 35.7 Å². The molecule has 3 heterocycles. The van der Waals surface area contributed by atoms with Crippen molar-refractivity contribution in [1.82, 2.24) is 4.90 Å². The van der Waals surface area contributed by atoms with Gasteiger partial charge in [0.1, 0.15) is 5.25 Å². The van der Waals surface area contributed by atoms with Crippen molar-refractivity contribution >= 4 is 29.0 Å². The first-order valence-corrected chi connectivity index (χ1v) is 9.14. The normalized spacial score (nSPS) is 29.1. The molecule has 0 bridgehead atoms. The van der Waals surface area contributed by atoms with Gasteiger partial charge in [0, 0.05) is 24.0 Å². The number of hydrogen-bond donors (Lipinski definition) is 1. The van der Waals surface area contributed by atoms with Gasteiger partial charge in [-0.1, -0.05) is 13.8 Å². The number of thiophene rings is 1. The molecule has 1 saturated heterocycles.